The van der Waals surface area contributed by atoms with Crippen molar-refractivity contribution in [3.8, 4) is 17.6 Å². The van der Waals surface area contributed by atoms with Gasteiger partial charge in [0, 0.05) is 17.6 Å². The van der Waals surface area contributed by atoms with Crippen LogP contribution in [0.4, 0.5) is 5.69 Å². The monoisotopic (exact) mass is 435 g/mol. The first-order valence-electron chi connectivity index (χ1n) is 10.1. The number of nitrogens with zero attached hydrogens (tertiary/aromatic N) is 3. The van der Waals surface area contributed by atoms with Gasteiger partial charge in [0.25, 0.3) is 0 Å². The van der Waals surface area contributed by atoms with E-state index in [2.05, 4.69) is 11.1 Å². The van der Waals surface area contributed by atoms with Crippen molar-refractivity contribution in [3.63, 3.8) is 0 Å². The minimum Gasteiger partial charge on any atom is -0.494 e. The molecule has 0 spiro atoms. The molecule has 0 saturated heterocycles. The Morgan fingerprint density at radius 1 is 1.10 bits per heavy atom. The third-order valence-electron chi connectivity index (χ3n) is 4.52. The third kappa shape index (κ3) is 6.56. The van der Waals surface area contributed by atoms with Crippen molar-refractivity contribution in [2.24, 2.45) is 0 Å². The number of anilines is 1. The molecule has 1 heterocycles. The summed E-state index contributed by atoms with van der Waals surface area (Å²) in [6.07, 6.45) is 0.422. The molecule has 0 aliphatic carbocycles. The average molecular weight is 436 g/mol. The average Bonchev–Trinajstić information content (AvgIpc) is 3.22. The molecule has 3 rings (SSSR count). The number of nitriles is 1. The van der Waals surface area contributed by atoms with Gasteiger partial charge in [-0.2, -0.15) is 5.26 Å². The van der Waals surface area contributed by atoms with Gasteiger partial charge in [-0.05, 0) is 50.2 Å². The van der Waals surface area contributed by atoms with E-state index >= 15 is 0 Å². The number of aryl methyl sites for hydroxylation is 1. The van der Waals surface area contributed by atoms with Crippen LogP contribution in [-0.2, 0) is 17.8 Å². The third-order valence-corrected chi connectivity index (χ3v) is 5.39. The Morgan fingerprint density at radius 2 is 1.77 bits per heavy atom. The minimum absolute atomic E-state index is 0.101. The summed E-state index contributed by atoms with van der Waals surface area (Å²) >= 11 is 1.47. The van der Waals surface area contributed by atoms with E-state index in [1.54, 1.807) is 4.90 Å². The van der Waals surface area contributed by atoms with E-state index in [1.165, 1.54) is 16.9 Å². The molecule has 0 radical (unpaired) electrons. The van der Waals surface area contributed by atoms with Gasteiger partial charge in [0.05, 0.1) is 31.2 Å². The van der Waals surface area contributed by atoms with Gasteiger partial charge in [-0.25, -0.2) is 4.98 Å². The van der Waals surface area contributed by atoms with E-state index in [0.29, 0.717) is 25.5 Å². The number of carbonyl (C=O) groups is 1. The molecular formula is C24H25N3O3S. The fraction of sp³-hybridized carbons (Fsp3) is 0.292. The Bertz CT molecular complexity index is 1020. The van der Waals surface area contributed by atoms with Crippen molar-refractivity contribution in [2.45, 2.75) is 33.3 Å². The fourth-order valence-corrected chi connectivity index (χ4v) is 3.68. The van der Waals surface area contributed by atoms with Gasteiger partial charge in [-0.1, -0.05) is 17.7 Å². The van der Waals surface area contributed by atoms with Crippen LogP contribution in [-0.4, -0.2) is 24.0 Å². The summed E-state index contributed by atoms with van der Waals surface area (Å²) in [5.41, 5.74) is 2.61. The molecule has 0 atom stereocenters. The first kappa shape index (κ1) is 22.3. The van der Waals surface area contributed by atoms with Crippen molar-refractivity contribution >= 4 is 22.9 Å². The quantitative estimate of drug-likeness (QED) is 0.452. The van der Waals surface area contributed by atoms with Crippen LogP contribution in [0.2, 0.25) is 0 Å². The molecule has 7 heteroatoms. The van der Waals surface area contributed by atoms with E-state index in [-0.39, 0.29) is 18.7 Å². The fourth-order valence-electron chi connectivity index (χ4n) is 2.97. The Balaban J connectivity index is 1.63. The Hall–Kier alpha value is -3.37. The zero-order valence-electron chi connectivity index (χ0n) is 17.7. The molecule has 0 saturated carbocycles. The topological polar surface area (TPSA) is 75.5 Å². The van der Waals surface area contributed by atoms with Gasteiger partial charge in [0.1, 0.15) is 23.1 Å². The van der Waals surface area contributed by atoms with Crippen molar-refractivity contribution < 1.29 is 14.3 Å². The molecule has 0 bridgehead atoms. The SMILES string of the molecule is CCOc1ccc(N(CCC#N)C(=O)Cc2csc(COc3ccc(C)cc3)n2)cc1. The maximum absolute atomic E-state index is 13.0. The maximum atomic E-state index is 13.0. The largest absolute Gasteiger partial charge is 0.494 e. The lowest BCUT2D eigenvalue weighted by atomic mass is 10.2. The number of amides is 1. The smallest absolute Gasteiger partial charge is 0.233 e. The van der Waals surface area contributed by atoms with Gasteiger partial charge in [-0.15, -0.1) is 11.3 Å². The van der Waals surface area contributed by atoms with E-state index in [9.17, 15) is 4.79 Å². The summed E-state index contributed by atoms with van der Waals surface area (Å²) in [5.74, 6) is 1.43. The zero-order chi connectivity index (χ0) is 22.1. The molecule has 2 aromatic carbocycles. The standard InChI is InChI=1S/C24H25N3O3S/c1-3-29-21-11-7-20(8-12-21)27(14-4-13-25)24(28)15-19-17-31-23(26-19)16-30-22-9-5-18(2)6-10-22/h5-12,17H,3-4,14-16H2,1-2H3. The van der Waals surface area contributed by atoms with E-state index < -0.39 is 0 Å². The normalized spacial score (nSPS) is 10.4. The van der Waals surface area contributed by atoms with Crippen LogP contribution in [0.15, 0.2) is 53.9 Å². The van der Waals surface area contributed by atoms with Gasteiger partial charge in [-0.3, -0.25) is 4.79 Å². The van der Waals surface area contributed by atoms with Crippen LogP contribution in [0.1, 0.15) is 29.6 Å². The molecule has 160 valence electrons. The Kier molecular flexibility index (Phi) is 8.02. The minimum atomic E-state index is -0.101. The molecule has 1 aromatic heterocycles. The van der Waals surface area contributed by atoms with Crippen LogP contribution in [0.3, 0.4) is 0 Å². The number of hydrogen-bond acceptors (Lipinski definition) is 6. The zero-order valence-corrected chi connectivity index (χ0v) is 18.5. The first-order chi connectivity index (χ1) is 15.1. The summed E-state index contributed by atoms with van der Waals surface area (Å²) < 4.78 is 11.2. The molecule has 6 nitrogen and oxygen atoms in total. The summed E-state index contributed by atoms with van der Waals surface area (Å²) in [6, 6.07) is 17.3. The Labute approximate surface area is 186 Å². The second kappa shape index (κ2) is 11.1. The van der Waals surface area contributed by atoms with Crippen LogP contribution < -0.4 is 14.4 Å². The number of thiazole rings is 1. The summed E-state index contributed by atoms with van der Waals surface area (Å²) in [7, 11) is 0. The number of aromatic nitrogens is 1. The number of ether oxygens (including phenoxy) is 2. The maximum Gasteiger partial charge on any atom is 0.233 e. The second-order valence-corrected chi connectivity index (χ2v) is 7.83. The molecule has 0 aliphatic rings. The predicted octanol–water partition coefficient (Wildman–Crippen LogP) is 4.92. The van der Waals surface area contributed by atoms with Crippen molar-refractivity contribution in [3.05, 3.63) is 70.2 Å². The molecule has 0 aliphatic heterocycles. The van der Waals surface area contributed by atoms with Crippen molar-refractivity contribution in [1.29, 1.82) is 5.26 Å². The highest BCUT2D eigenvalue weighted by Gasteiger charge is 2.18. The van der Waals surface area contributed by atoms with Crippen LogP contribution in [0, 0.1) is 18.3 Å². The Morgan fingerprint density at radius 3 is 2.45 bits per heavy atom. The van der Waals surface area contributed by atoms with E-state index in [1.807, 2.05) is 67.8 Å². The number of hydrogen-bond donors (Lipinski definition) is 0. The van der Waals surface area contributed by atoms with E-state index in [0.717, 1.165) is 22.2 Å². The van der Waals surface area contributed by atoms with Gasteiger partial charge in [0.15, 0.2) is 0 Å². The molecule has 0 N–H and O–H groups in total. The molecular weight excluding hydrogens is 410 g/mol. The van der Waals surface area contributed by atoms with Gasteiger partial charge < -0.3 is 14.4 Å². The lowest BCUT2D eigenvalue weighted by molar-refractivity contribution is -0.118. The molecule has 3 aromatic rings. The second-order valence-electron chi connectivity index (χ2n) is 6.89. The van der Waals surface area contributed by atoms with Gasteiger partial charge in [0.2, 0.25) is 5.91 Å². The number of carbonyl (C=O) groups excluding carboxylic acids is 1. The lowest BCUT2D eigenvalue weighted by Crippen LogP contribution is -2.33. The van der Waals surface area contributed by atoms with Crippen molar-refractivity contribution in [2.75, 3.05) is 18.1 Å². The summed E-state index contributed by atoms with van der Waals surface area (Å²) in [6.45, 7) is 5.22. The van der Waals surface area contributed by atoms with Crippen molar-refractivity contribution in [1.82, 2.24) is 4.98 Å². The highest BCUT2D eigenvalue weighted by atomic mass is 32.1. The van der Waals surface area contributed by atoms with Crippen LogP contribution in [0.5, 0.6) is 11.5 Å². The highest BCUT2D eigenvalue weighted by molar-refractivity contribution is 7.09. The number of rotatable bonds is 10. The molecule has 0 unspecified atom stereocenters. The summed E-state index contributed by atoms with van der Waals surface area (Å²) in [5, 5.41) is 11.7. The molecule has 1 amide bonds. The summed E-state index contributed by atoms with van der Waals surface area (Å²) in [4.78, 5) is 19.1. The van der Waals surface area contributed by atoms with Gasteiger partial charge >= 0.3 is 0 Å². The lowest BCUT2D eigenvalue weighted by Gasteiger charge is -2.21. The predicted molar refractivity (Wildman–Crippen MR) is 122 cm³/mol. The molecule has 0 fully saturated rings. The first-order valence-corrected chi connectivity index (χ1v) is 11.0. The van der Waals surface area contributed by atoms with Crippen LogP contribution >= 0.6 is 11.3 Å². The highest BCUT2D eigenvalue weighted by Crippen LogP contribution is 2.22. The van der Waals surface area contributed by atoms with E-state index in [4.69, 9.17) is 14.7 Å². The molecule has 31 heavy (non-hydrogen) atoms. The van der Waals surface area contributed by atoms with Crippen LogP contribution in [0.25, 0.3) is 0 Å². The number of benzene rings is 2.